The average molecular weight is 255 g/mol. The topological polar surface area (TPSA) is 43.8 Å². The van der Waals surface area contributed by atoms with Gasteiger partial charge in [0.1, 0.15) is 5.82 Å². The number of rotatable bonds is 2. The summed E-state index contributed by atoms with van der Waals surface area (Å²) in [6, 6.07) is 12.6. The molecule has 0 atom stereocenters. The first-order chi connectivity index (χ1) is 9.20. The van der Waals surface area contributed by atoms with Crippen molar-refractivity contribution < 1.29 is 4.39 Å². The van der Waals surface area contributed by atoms with Gasteiger partial charge in [0.15, 0.2) is 0 Å². The van der Waals surface area contributed by atoms with Crippen LogP contribution in [0.25, 0.3) is 16.7 Å². The Morgan fingerprint density at radius 2 is 2.00 bits per heavy atom. The van der Waals surface area contributed by atoms with E-state index in [0.717, 1.165) is 17.6 Å². The predicted molar refractivity (Wildman–Crippen MR) is 74.8 cm³/mol. The van der Waals surface area contributed by atoms with Gasteiger partial charge in [-0.2, -0.15) is 0 Å². The summed E-state index contributed by atoms with van der Waals surface area (Å²) in [5.74, 6) is 0.0717. The Kier molecular flexibility index (Phi) is 2.71. The van der Waals surface area contributed by atoms with Gasteiger partial charge in [0.2, 0.25) is 5.95 Å². The smallest absolute Gasteiger partial charge is 0.205 e. The van der Waals surface area contributed by atoms with Crippen LogP contribution in [0, 0.1) is 5.82 Å². The van der Waals surface area contributed by atoms with Gasteiger partial charge in [-0.15, -0.1) is 0 Å². The summed E-state index contributed by atoms with van der Waals surface area (Å²) in [6.07, 6.45) is 0.899. The number of para-hydroxylation sites is 1. The largest absolute Gasteiger partial charge is 0.369 e. The lowest BCUT2D eigenvalue weighted by molar-refractivity contribution is 0.629. The minimum Gasteiger partial charge on any atom is -0.369 e. The van der Waals surface area contributed by atoms with E-state index in [1.165, 1.54) is 17.7 Å². The number of anilines is 1. The number of aryl methyl sites for hydroxylation is 1. The van der Waals surface area contributed by atoms with Crippen molar-refractivity contribution in [1.29, 1.82) is 0 Å². The zero-order valence-corrected chi connectivity index (χ0v) is 10.6. The van der Waals surface area contributed by atoms with Gasteiger partial charge in [0, 0.05) is 6.07 Å². The Bertz CT molecular complexity index is 746. The highest BCUT2D eigenvalue weighted by Crippen LogP contribution is 2.26. The Labute approximate surface area is 110 Å². The summed E-state index contributed by atoms with van der Waals surface area (Å²) >= 11 is 0. The number of halogens is 1. The molecule has 19 heavy (non-hydrogen) atoms. The molecule has 1 heterocycles. The van der Waals surface area contributed by atoms with Crippen LogP contribution in [0.15, 0.2) is 42.5 Å². The molecule has 0 saturated heterocycles. The molecule has 4 heteroatoms. The van der Waals surface area contributed by atoms with Gasteiger partial charge in [-0.3, -0.25) is 4.57 Å². The summed E-state index contributed by atoms with van der Waals surface area (Å²) in [5.41, 5.74) is 9.56. The van der Waals surface area contributed by atoms with Gasteiger partial charge >= 0.3 is 0 Å². The lowest BCUT2D eigenvalue weighted by Crippen LogP contribution is -2.03. The Morgan fingerprint density at radius 1 is 1.21 bits per heavy atom. The molecule has 0 radical (unpaired) electrons. The highest BCUT2D eigenvalue weighted by molar-refractivity contribution is 5.81. The molecule has 2 N–H and O–H groups in total. The van der Waals surface area contributed by atoms with E-state index in [4.69, 9.17) is 5.73 Å². The number of imidazole rings is 1. The van der Waals surface area contributed by atoms with Crippen LogP contribution in [0.3, 0.4) is 0 Å². The van der Waals surface area contributed by atoms with Crippen molar-refractivity contribution in [3.63, 3.8) is 0 Å². The molecule has 0 spiro atoms. The molecule has 0 fully saturated rings. The first kappa shape index (κ1) is 11.7. The maximum atomic E-state index is 13.2. The van der Waals surface area contributed by atoms with Crippen LogP contribution >= 0.6 is 0 Å². The monoisotopic (exact) mass is 255 g/mol. The van der Waals surface area contributed by atoms with Crippen LogP contribution in [0.2, 0.25) is 0 Å². The number of nitrogen functional groups attached to an aromatic ring is 1. The van der Waals surface area contributed by atoms with E-state index < -0.39 is 0 Å². The van der Waals surface area contributed by atoms with Crippen molar-refractivity contribution in [2.45, 2.75) is 13.3 Å². The van der Waals surface area contributed by atoms with Crippen LogP contribution < -0.4 is 5.73 Å². The quantitative estimate of drug-likeness (QED) is 0.763. The summed E-state index contributed by atoms with van der Waals surface area (Å²) < 4.78 is 15.1. The number of aromatic nitrogens is 2. The third-order valence-electron chi connectivity index (χ3n) is 3.26. The number of benzene rings is 2. The minimum atomic E-state index is -0.305. The van der Waals surface area contributed by atoms with Crippen LogP contribution in [0.1, 0.15) is 12.5 Å². The molecule has 0 aliphatic heterocycles. The number of nitrogens with zero attached hydrogens (tertiary/aromatic N) is 2. The highest BCUT2D eigenvalue weighted by atomic mass is 19.1. The SMILES string of the molecule is CCc1ccccc1-n1c(N)nc2cc(F)ccc21. The molecule has 0 saturated carbocycles. The van der Waals surface area contributed by atoms with Crippen LogP contribution in [0.5, 0.6) is 0 Å². The molecule has 3 nitrogen and oxygen atoms in total. The van der Waals surface area contributed by atoms with Gasteiger partial charge in [-0.05, 0) is 30.2 Å². The van der Waals surface area contributed by atoms with Gasteiger partial charge in [0.25, 0.3) is 0 Å². The normalized spacial score (nSPS) is 11.1. The predicted octanol–water partition coefficient (Wildman–Crippen LogP) is 3.31. The highest BCUT2D eigenvalue weighted by Gasteiger charge is 2.12. The van der Waals surface area contributed by atoms with Gasteiger partial charge in [0.05, 0.1) is 16.7 Å². The van der Waals surface area contributed by atoms with E-state index in [2.05, 4.69) is 18.0 Å². The molecule has 0 amide bonds. The van der Waals surface area contributed by atoms with Crippen LogP contribution in [-0.4, -0.2) is 9.55 Å². The lowest BCUT2D eigenvalue weighted by Gasteiger charge is -2.11. The molecule has 2 aromatic carbocycles. The maximum Gasteiger partial charge on any atom is 0.205 e. The van der Waals surface area contributed by atoms with E-state index >= 15 is 0 Å². The van der Waals surface area contributed by atoms with Gasteiger partial charge in [-0.25, -0.2) is 9.37 Å². The third-order valence-corrected chi connectivity index (χ3v) is 3.26. The van der Waals surface area contributed by atoms with Gasteiger partial charge in [-0.1, -0.05) is 25.1 Å². The molecule has 3 aromatic rings. The first-order valence-electron chi connectivity index (χ1n) is 6.22. The molecule has 0 bridgehead atoms. The van der Waals surface area contributed by atoms with Crippen molar-refractivity contribution in [3.8, 4) is 5.69 Å². The van der Waals surface area contributed by atoms with Crippen molar-refractivity contribution in [2.24, 2.45) is 0 Å². The number of hydrogen-bond donors (Lipinski definition) is 1. The van der Waals surface area contributed by atoms with E-state index in [0.29, 0.717) is 11.5 Å². The summed E-state index contributed by atoms with van der Waals surface area (Å²) in [4.78, 5) is 4.23. The second-order valence-corrected chi connectivity index (χ2v) is 4.42. The van der Waals surface area contributed by atoms with Gasteiger partial charge < -0.3 is 5.73 Å². The molecule has 0 aliphatic carbocycles. The second kappa shape index (κ2) is 4.39. The van der Waals surface area contributed by atoms with Crippen molar-refractivity contribution >= 4 is 17.0 Å². The Hall–Kier alpha value is -2.36. The first-order valence-corrected chi connectivity index (χ1v) is 6.22. The zero-order chi connectivity index (χ0) is 13.4. The molecule has 96 valence electrons. The molecule has 0 unspecified atom stereocenters. The summed E-state index contributed by atoms with van der Waals surface area (Å²) in [6.45, 7) is 2.09. The van der Waals surface area contributed by atoms with Crippen molar-refractivity contribution in [2.75, 3.05) is 5.73 Å². The third kappa shape index (κ3) is 1.85. The number of nitrogens with two attached hydrogens (primary N) is 1. The molecular formula is C15H14FN3. The Morgan fingerprint density at radius 3 is 2.79 bits per heavy atom. The second-order valence-electron chi connectivity index (χ2n) is 4.42. The van der Waals surface area contributed by atoms with Crippen LogP contribution in [0.4, 0.5) is 10.3 Å². The van der Waals surface area contributed by atoms with E-state index in [9.17, 15) is 4.39 Å². The average Bonchev–Trinajstić information content (AvgIpc) is 2.73. The fourth-order valence-electron chi connectivity index (χ4n) is 2.35. The Balaban J connectivity index is 2.33. The van der Waals surface area contributed by atoms with Crippen LogP contribution in [-0.2, 0) is 6.42 Å². The van der Waals surface area contributed by atoms with E-state index in [-0.39, 0.29) is 5.82 Å². The zero-order valence-electron chi connectivity index (χ0n) is 10.6. The van der Waals surface area contributed by atoms with Crippen molar-refractivity contribution in [3.05, 3.63) is 53.8 Å². The summed E-state index contributed by atoms with van der Waals surface area (Å²) in [5, 5.41) is 0. The molecule has 1 aromatic heterocycles. The number of hydrogen-bond acceptors (Lipinski definition) is 2. The fraction of sp³-hybridized carbons (Fsp3) is 0.133. The fourth-order valence-corrected chi connectivity index (χ4v) is 2.35. The van der Waals surface area contributed by atoms with Crippen molar-refractivity contribution in [1.82, 2.24) is 9.55 Å². The number of fused-ring (bicyclic) bond motifs is 1. The minimum absolute atomic E-state index is 0.305. The van der Waals surface area contributed by atoms with E-state index in [1.807, 2.05) is 22.8 Å². The molecule has 3 rings (SSSR count). The molecular weight excluding hydrogens is 241 g/mol. The molecule has 0 aliphatic rings. The lowest BCUT2D eigenvalue weighted by atomic mass is 10.1. The summed E-state index contributed by atoms with van der Waals surface area (Å²) in [7, 11) is 0. The standard InChI is InChI=1S/C15H14FN3/c1-2-10-5-3-4-6-13(10)19-14-8-7-11(16)9-12(14)18-15(19)17/h3-9H,2H2,1H3,(H2,17,18). The van der Waals surface area contributed by atoms with E-state index in [1.54, 1.807) is 6.07 Å². The maximum absolute atomic E-state index is 13.2.